The molecule has 0 radical (unpaired) electrons. The lowest BCUT2D eigenvalue weighted by molar-refractivity contribution is 0.722. The van der Waals surface area contributed by atoms with E-state index < -0.39 is 0 Å². The van der Waals surface area contributed by atoms with Crippen LogP contribution in [0.5, 0.6) is 0 Å². The van der Waals surface area contributed by atoms with Crippen molar-refractivity contribution in [2.45, 2.75) is 44.7 Å². The quantitative estimate of drug-likeness (QED) is 0.932. The molecule has 1 aliphatic carbocycles. The molecule has 2 heterocycles. The van der Waals surface area contributed by atoms with Gasteiger partial charge >= 0.3 is 0 Å². The van der Waals surface area contributed by atoms with Crippen LogP contribution in [0.1, 0.15) is 49.8 Å². The van der Waals surface area contributed by atoms with Gasteiger partial charge in [-0.05, 0) is 37.0 Å². The van der Waals surface area contributed by atoms with E-state index in [0.717, 1.165) is 24.7 Å². The molecule has 114 valence electrons. The molecule has 0 spiro atoms. The molecule has 3 atom stereocenters. The normalized spacial score (nSPS) is 23.5. The first-order valence-electron chi connectivity index (χ1n) is 8.21. The van der Waals surface area contributed by atoms with Gasteiger partial charge in [-0.15, -0.1) is 0 Å². The third kappa shape index (κ3) is 2.14. The Balaban J connectivity index is 1.61. The summed E-state index contributed by atoms with van der Waals surface area (Å²) in [6, 6.07) is 11.8. The number of benzene rings is 1. The summed E-state index contributed by atoms with van der Waals surface area (Å²) in [5.41, 5.74) is 3.02. The van der Waals surface area contributed by atoms with Crippen LogP contribution in [0.2, 0.25) is 0 Å². The van der Waals surface area contributed by atoms with Gasteiger partial charge in [0.05, 0.1) is 6.04 Å². The van der Waals surface area contributed by atoms with Crippen molar-refractivity contribution in [3.8, 4) is 0 Å². The fourth-order valence-electron chi connectivity index (χ4n) is 3.70. The Morgan fingerprint density at radius 2 is 2.09 bits per heavy atom. The zero-order chi connectivity index (χ0) is 15.1. The molecule has 4 nitrogen and oxygen atoms in total. The minimum absolute atomic E-state index is 0.394. The number of anilines is 2. The summed E-state index contributed by atoms with van der Waals surface area (Å²) in [5, 5.41) is 3.37. The molecule has 2 aromatic rings. The first-order chi connectivity index (χ1) is 10.8. The highest BCUT2D eigenvalue weighted by Crippen LogP contribution is 2.51. The molecule has 0 unspecified atom stereocenters. The second kappa shape index (κ2) is 5.27. The van der Waals surface area contributed by atoms with Crippen molar-refractivity contribution in [1.82, 2.24) is 9.97 Å². The highest BCUT2D eigenvalue weighted by atomic mass is 15.3. The van der Waals surface area contributed by atoms with E-state index in [-0.39, 0.29) is 0 Å². The summed E-state index contributed by atoms with van der Waals surface area (Å²) >= 11 is 0. The average Bonchev–Trinajstić information content (AvgIpc) is 3.14. The molecule has 2 bridgehead atoms. The van der Waals surface area contributed by atoms with E-state index in [1.54, 1.807) is 0 Å². The average molecular weight is 294 g/mol. The second-order valence-electron chi connectivity index (χ2n) is 6.42. The van der Waals surface area contributed by atoms with Gasteiger partial charge in [0.2, 0.25) is 5.95 Å². The van der Waals surface area contributed by atoms with Crippen molar-refractivity contribution in [2.24, 2.45) is 0 Å². The monoisotopic (exact) mass is 294 g/mol. The zero-order valence-electron chi connectivity index (χ0n) is 13.2. The van der Waals surface area contributed by atoms with Crippen LogP contribution < -0.4 is 10.2 Å². The summed E-state index contributed by atoms with van der Waals surface area (Å²) < 4.78 is 0. The van der Waals surface area contributed by atoms with Gasteiger partial charge < -0.3 is 10.2 Å². The Hall–Kier alpha value is -2.10. The minimum Gasteiger partial charge on any atom is -0.352 e. The maximum absolute atomic E-state index is 4.74. The molecule has 1 saturated heterocycles. The molecule has 4 heteroatoms. The van der Waals surface area contributed by atoms with E-state index in [1.165, 1.54) is 17.5 Å². The number of hydrogen-bond acceptors (Lipinski definition) is 4. The fraction of sp³-hybridized carbons (Fsp3) is 0.444. The highest BCUT2D eigenvalue weighted by molar-refractivity contribution is 5.54. The van der Waals surface area contributed by atoms with Crippen LogP contribution in [-0.2, 0) is 0 Å². The van der Waals surface area contributed by atoms with Gasteiger partial charge in [-0.2, -0.15) is 4.98 Å². The summed E-state index contributed by atoms with van der Waals surface area (Å²) in [6.45, 7) is 5.39. The molecule has 22 heavy (non-hydrogen) atoms. The third-order valence-corrected chi connectivity index (χ3v) is 5.02. The topological polar surface area (TPSA) is 41.1 Å². The maximum Gasteiger partial charge on any atom is 0.224 e. The van der Waals surface area contributed by atoms with Crippen molar-refractivity contribution in [3.05, 3.63) is 47.7 Å². The summed E-state index contributed by atoms with van der Waals surface area (Å²) in [6.07, 6.45) is 4.15. The van der Waals surface area contributed by atoms with Gasteiger partial charge in [-0.25, -0.2) is 4.98 Å². The zero-order valence-corrected chi connectivity index (χ0v) is 13.2. The predicted molar refractivity (Wildman–Crippen MR) is 89.3 cm³/mol. The highest BCUT2D eigenvalue weighted by Gasteiger charge is 2.42. The van der Waals surface area contributed by atoms with Gasteiger partial charge in [0, 0.05) is 24.7 Å². The second-order valence-corrected chi connectivity index (χ2v) is 6.42. The SMILES string of the molecule is CC[C@@H](C)Nc1nccc(N2C[C@H]3C[C@H]2c2ccccc23)n1. The van der Waals surface area contributed by atoms with Crippen LogP contribution in [-0.4, -0.2) is 22.6 Å². The number of nitrogens with zero attached hydrogens (tertiary/aromatic N) is 3. The lowest BCUT2D eigenvalue weighted by Gasteiger charge is -2.30. The molecule has 0 saturated carbocycles. The first kappa shape index (κ1) is 13.6. The van der Waals surface area contributed by atoms with Crippen LogP contribution in [0.4, 0.5) is 11.8 Å². The van der Waals surface area contributed by atoms with E-state index in [1.807, 2.05) is 12.3 Å². The Kier molecular flexibility index (Phi) is 3.25. The van der Waals surface area contributed by atoms with Gasteiger partial charge in [0.25, 0.3) is 0 Å². The number of nitrogens with one attached hydrogen (secondary N) is 1. The van der Waals surface area contributed by atoms with Gasteiger partial charge in [0.1, 0.15) is 5.82 Å². The lowest BCUT2D eigenvalue weighted by Crippen LogP contribution is -2.28. The van der Waals surface area contributed by atoms with Gasteiger partial charge in [-0.3, -0.25) is 0 Å². The predicted octanol–water partition coefficient (Wildman–Crippen LogP) is 3.74. The van der Waals surface area contributed by atoms with Crippen molar-refractivity contribution in [2.75, 3.05) is 16.8 Å². The molecule has 1 aliphatic heterocycles. The number of aromatic nitrogens is 2. The molecule has 0 amide bonds. The first-order valence-corrected chi connectivity index (χ1v) is 8.21. The van der Waals surface area contributed by atoms with Crippen LogP contribution in [0.3, 0.4) is 0 Å². The summed E-state index contributed by atoms with van der Waals surface area (Å²) in [7, 11) is 0. The molecular formula is C18H22N4. The molecule has 2 aliphatic rings. The summed E-state index contributed by atoms with van der Waals surface area (Å²) in [4.78, 5) is 11.5. The Labute approximate surface area is 131 Å². The minimum atomic E-state index is 0.394. The number of rotatable bonds is 4. The largest absolute Gasteiger partial charge is 0.352 e. The van der Waals surface area contributed by atoms with E-state index >= 15 is 0 Å². The van der Waals surface area contributed by atoms with Crippen molar-refractivity contribution in [1.29, 1.82) is 0 Å². The maximum atomic E-state index is 4.74. The van der Waals surface area contributed by atoms with Crippen LogP contribution in [0.15, 0.2) is 36.5 Å². The Morgan fingerprint density at radius 1 is 1.27 bits per heavy atom. The van der Waals surface area contributed by atoms with Gasteiger partial charge in [0.15, 0.2) is 0 Å². The van der Waals surface area contributed by atoms with Crippen LogP contribution in [0.25, 0.3) is 0 Å². The van der Waals surface area contributed by atoms with E-state index in [0.29, 0.717) is 18.0 Å². The number of fused-ring (bicyclic) bond motifs is 5. The standard InChI is InChI=1S/C18H22N4/c1-3-12(2)20-18-19-9-8-17(21-18)22-11-13-10-16(22)15-7-5-4-6-14(13)15/h4-9,12-13,16H,3,10-11H2,1-2H3,(H,19,20,21)/t12-,13-,16+/m1/s1. The van der Waals surface area contributed by atoms with Crippen molar-refractivity contribution in [3.63, 3.8) is 0 Å². The molecular weight excluding hydrogens is 272 g/mol. The third-order valence-electron chi connectivity index (χ3n) is 5.02. The molecule has 1 aromatic heterocycles. The molecule has 1 aromatic carbocycles. The Morgan fingerprint density at radius 3 is 2.91 bits per heavy atom. The van der Waals surface area contributed by atoms with E-state index in [2.05, 4.69) is 53.3 Å². The van der Waals surface area contributed by atoms with Gasteiger partial charge in [-0.1, -0.05) is 31.2 Å². The lowest BCUT2D eigenvalue weighted by atomic mass is 9.99. The summed E-state index contributed by atoms with van der Waals surface area (Å²) in [5.74, 6) is 2.44. The van der Waals surface area contributed by atoms with E-state index in [9.17, 15) is 0 Å². The Bertz CT molecular complexity index is 684. The smallest absolute Gasteiger partial charge is 0.224 e. The van der Waals surface area contributed by atoms with Crippen molar-refractivity contribution < 1.29 is 0 Å². The molecule has 1 fully saturated rings. The number of hydrogen-bond donors (Lipinski definition) is 1. The van der Waals surface area contributed by atoms with Crippen molar-refractivity contribution >= 4 is 11.8 Å². The molecule has 4 rings (SSSR count). The molecule has 1 N–H and O–H groups in total. The van der Waals surface area contributed by atoms with Crippen LogP contribution >= 0.6 is 0 Å². The fourth-order valence-corrected chi connectivity index (χ4v) is 3.70. The van der Waals surface area contributed by atoms with E-state index in [4.69, 9.17) is 4.98 Å². The van der Waals surface area contributed by atoms with Crippen LogP contribution in [0, 0.1) is 0 Å².